The highest BCUT2D eigenvalue weighted by molar-refractivity contribution is 5.84. The molecule has 1 aromatic rings. The summed E-state index contributed by atoms with van der Waals surface area (Å²) in [6.45, 7) is 4.60. The van der Waals surface area contributed by atoms with Gasteiger partial charge in [0.1, 0.15) is 11.8 Å². The first-order valence-electron chi connectivity index (χ1n) is 7.74. The number of hydrogen-bond donors (Lipinski definition) is 1. The van der Waals surface area contributed by atoms with Gasteiger partial charge in [0.25, 0.3) is 5.91 Å². The molecule has 0 radical (unpaired) electrons. The molecule has 120 valence electrons. The first-order valence-corrected chi connectivity index (χ1v) is 7.74. The maximum absolute atomic E-state index is 12.2. The lowest BCUT2D eigenvalue weighted by Gasteiger charge is -2.32. The molecular weight excluding hydrogens is 282 g/mol. The molecule has 5 nitrogen and oxygen atoms in total. The molecule has 0 aliphatic carbocycles. The molecule has 1 unspecified atom stereocenters. The number of rotatable bonds is 5. The molecule has 0 bridgehead atoms. The summed E-state index contributed by atoms with van der Waals surface area (Å²) >= 11 is 0. The van der Waals surface area contributed by atoms with Crippen molar-refractivity contribution >= 4 is 11.9 Å². The van der Waals surface area contributed by atoms with Crippen LogP contribution in [-0.4, -0.2) is 41.1 Å². The van der Waals surface area contributed by atoms with Gasteiger partial charge in [-0.3, -0.25) is 4.79 Å². The van der Waals surface area contributed by atoms with Crippen molar-refractivity contribution in [1.29, 1.82) is 0 Å². The van der Waals surface area contributed by atoms with Gasteiger partial charge in [-0.1, -0.05) is 26.0 Å². The number of carbonyl (C=O) groups is 2. The van der Waals surface area contributed by atoms with Crippen molar-refractivity contribution in [2.45, 2.75) is 45.1 Å². The summed E-state index contributed by atoms with van der Waals surface area (Å²) in [5, 5.41) is 9.19. The zero-order valence-corrected chi connectivity index (χ0v) is 13.1. The van der Waals surface area contributed by atoms with Crippen LogP contribution in [0, 0.1) is 0 Å². The van der Waals surface area contributed by atoms with E-state index in [2.05, 4.69) is 13.8 Å². The van der Waals surface area contributed by atoms with Crippen LogP contribution in [0.25, 0.3) is 0 Å². The molecule has 1 N–H and O–H groups in total. The van der Waals surface area contributed by atoms with E-state index in [0.29, 0.717) is 24.6 Å². The fraction of sp³-hybridized carbons (Fsp3) is 0.529. The zero-order valence-electron chi connectivity index (χ0n) is 13.1. The highest BCUT2D eigenvalue weighted by Crippen LogP contribution is 2.20. The van der Waals surface area contributed by atoms with E-state index in [0.717, 1.165) is 12.8 Å². The van der Waals surface area contributed by atoms with Crippen LogP contribution in [0.1, 0.15) is 44.6 Å². The van der Waals surface area contributed by atoms with E-state index in [-0.39, 0.29) is 12.5 Å². The second-order valence-electron chi connectivity index (χ2n) is 5.95. The summed E-state index contributed by atoms with van der Waals surface area (Å²) in [6.07, 6.45) is 2.21. The normalized spacial score (nSPS) is 18.3. The highest BCUT2D eigenvalue weighted by atomic mass is 16.5. The Kier molecular flexibility index (Phi) is 5.41. The molecular formula is C17H23NO4. The van der Waals surface area contributed by atoms with Gasteiger partial charge < -0.3 is 14.7 Å². The summed E-state index contributed by atoms with van der Waals surface area (Å²) < 4.78 is 5.50. The summed E-state index contributed by atoms with van der Waals surface area (Å²) in [5.74, 6) is -0.128. The van der Waals surface area contributed by atoms with Gasteiger partial charge in [-0.2, -0.15) is 0 Å². The van der Waals surface area contributed by atoms with Gasteiger partial charge in [-0.05, 0) is 42.9 Å². The Morgan fingerprint density at radius 1 is 1.27 bits per heavy atom. The summed E-state index contributed by atoms with van der Waals surface area (Å²) in [5.41, 5.74) is 1.21. The molecule has 0 aromatic heterocycles. The van der Waals surface area contributed by atoms with Gasteiger partial charge in [-0.15, -0.1) is 0 Å². The molecule has 1 aliphatic rings. The molecule has 1 aromatic carbocycles. The maximum atomic E-state index is 12.2. The van der Waals surface area contributed by atoms with Crippen molar-refractivity contribution in [3.05, 3.63) is 29.8 Å². The van der Waals surface area contributed by atoms with Crippen molar-refractivity contribution in [1.82, 2.24) is 4.90 Å². The fourth-order valence-corrected chi connectivity index (χ4v) is 2.66. The number of piperidine rings is 1. The minimum absolute atomic E-state index is 0.120. The van der Waals surface area contributed by atoms with Crippen molar-refractivity contribution in [3.8, 4) is 5.75 Å². The van der Waals surface area contributed by atoms with Crippen LogP contribution in [0.5, 0.6) is 5.75 Å². The Balaban J connectivity index is 1.92. The van der Waals surface area contributed by atoms with E-state index < -0.39 is 12.0 Å². The zero-order chi connectivity index (χ0) is 16.1. The number of aliphatic carboxylic acids is 1. The van der Waals surface area contributed by atoms with E-state index in [1.165, 1.54) is 10.5 Å². The van der Waals surface area contributed by atoms with Crippen LogP contribution in [0.15, 0.2) is 24.3 Å². The number of benzene rings is 1. The number of ether oxygens (including phenoxy) is 1. The fourth-order valence-electron chi connectivity index (χ4n) is 2.66. The van der Waals surface area contributed by atoms with Crippen LogP contribution in [0.3, 0.4) is 0 Å². The highest BCUT2D eigenvalue weighted by Gasteiger charge is 2.31. The molecule has 0 saturated carbocycles. The van der Waals surface area contributed by atoms with E-state index in [4.69, 9.17) is 4.74 Å². The smallest absolute Gasteiger partial charge is 0.326 e. The Bertz CT molecular complexity index is 524. The molecule has 1 amide bonds. The number of carboxylic acids is 1. The molecule has 5 heteroatoms. The van der Waals surface area contributed by atoms with Gasteiger partial charge in [0.2, 0.25) is 0 Å². The largest absolute Gasteiger partial charge is 0.484 e. The standard InChI is InChI=1S/C17H23NO4/c1-12(2)13-6-8-14(9-7-13)22-11-16(19)18-10-4-3-5-15(18)17(20)21/h6-9,12,15H,3-5,10-11H2,1-2H3,(H,20,21). The lowest BCUT2D eigenvalue weighted by atomic mass is 10.0. The number of nitrogens with zero attached hydrogens (tertiary/aromatic N) is 1. The van der Waals surface area contributed by atoms with Crippen molar-refractivity contribution in [3.63, 3.8) is 0 Å². The first-order chi connectivity index (χ1) is 10.5. The third-order valence-corrected chi connectivity index (χ3v) is 4.02. The number of amides is 1. The van der Waals surface area contributed by atoms with E-state index >= 15 is 0 Å². The van der Waals surface area contributed by atoms with Gasteiger partial charge in [-0.25, -0.2) is 4.79 Å². The Morgan fingerprint density at radius 3 is 2.55 bits per heavy atom. The second kappa shape index (κ2) is 7.29. The van der Waals surface area contributed by atoms with Gasteiger partial charge in [0, 0.05) is 6.54 Å². The second-order valence-corrected chi connectivity index (χ2v) is 5.95. The lowest BCUT2D eigenvalue weighted by molar-refractivity contribution is -0.152. The van der Waals surface area contributed by atoms with Crippen LogP contribution < -0.4 is 4.74 Å². The van der Waals surface area contributed by atoms with E-state index in [1.54, 1.807) is 0 Å². The van der Waals surface area contributed by atoms with Crippen LogP contribution in [0.2, 0.25) is 0 Å². The maximum Gasteiger partial charge on any atom is 0.326 e. The van der Waals surface area contributed by atoms with Crippen LogP contribution in [-0.2, 0) is 9.59 Å². The summed E-state index contributed by atoms with van der Waals surface area (Å²) in [4.78, 5) is 24.8. The SMILES string of the molecule is CC(C)c1ccc(OCC(=O)N2CCCCC2C(=O)O)cc1. The van der Waals surface area contributed by atoms with Crippen LogP contribution >= 0.6 is 0 Å². The number of carbonyl (C=O) groups excluding carboxylic acids is 1. The number of carboxylic acid groups (broad SMARTS) is 1. The van der Waals surface area contributed by atoms with Gasteiger partial charge in [0.15, 0.2) is 6.61 Å². The Hall–Kier alpha value is -2.04. The molecule has 1 aliphatic heterocycles. The topological polar surface area (TPSA) is 66.8 Å². The number of likely N-dealkylation sites (tertiary alicyclic amines) is 1. The summed E-state index contributed by atoms with van der Waals surface area (Å²) in [7, 11) is 0. The molecule has 1 saturated heterocycles. The third-order valence-electron chi connectivity index (χ3n) is 4.02. The van der Waals surface area contributed by atoms with Crippen molar-refractivity contribution in [2.75, 3.05) is 13.2 Å². The molecule has 1 fully saturated rings. The average molecular weight is 305 g/mol. The van der Waals surface area contributed by atoms with Crippen LogP contribution in [0.4, 0.5) is 0 Å². The van der Waals surface area contributed by atoms with Crippen molar-refractivity contribution < 1.29 is 19.4 Å². The number of hydrogen-bond acceptors (Lipinski definition) is 3. The quantitative estimate of drug-likeness (QED) is 0.908. The summed E-state index contributed by atoms with van der Waals surface area (Å²) in [6, 6.07) is 6.92. The van der Waals surface area contributed by atoms with Crippen molar-refractivity contribution in [2.24, 2.45) is 0 Å². The average Bonchev–Trinajstić information content (AvgIpc) is 2.53. The monoisotopic (exact) mass is 305 g/mol. The first kappa shape index (κ1) is 16.3. The Labute approximate surface area is 130 Å². The van der Waals surface area contributed by atoms with E-state index in [9.17, 15) is 14.7 Å². The molecule has 1 atom stereocenters. The van der Waals surface area contributed by atoms with E-state index in [1.807, 2.05) is 24.3 Å². The lowest BCUT2D eigenvalue weighted by Crippen LogP contribution is -2.49. The van der Waals surface area contributed by atoms with Gasteiger partial charge in [0.05, 0.1) is 0 Å². The molecule has 1 heterocycles. The molecule has 2 rings (SSSR count). The minimum atomic E-state index is -0.936. The predicted molar refractivity (Wildman–Crippen MR) is 83.0 cm³/mol. The molecule has 0 spiro atoms. The third kappa shape index (κ3) is 4.00. The predicted octanol–water partition coefficient (Wildman–Crippen LogP) is 2.65. The Morgan fingerprint density at radius 2 is 1.95 bits per heavy atom. The minimum Gasteiger partial charge on any atom is -0.484 e. The van der Waals surface area contributed by atoms with Gasteiger partial charge >= 0.3 is 5.97 Å². The molecule has 22 heavy (non-hydrogen) atoms.